The van der Waals surface area contributed by atoms with E-state index >= 15 is 0 Å². The van der Waals surface area contributed by atoms with E-state index in [0.29, 0.717) is 5.92 Å². The largest absolute Gasteiger partial charge is 0.496 e. The van der Waals surface area contributed by atoms with Gasteiger partial charge in [-0.25, -0.2) is 0 Å². The first-order valence-electron chi connectivity index (χ1n) is 5.02. The Morgan fingerprint density at radius 3 is 2.64 bits per heavy atom. The Morgan fingerprint density at radius 1 is 1.36 bits per heavy atom. The highest BCUT2D eigenvalue weighted by atomic mass is 79.9. The van der Waals surface area contributed by atoms with Gasteiger partial charge < -0.3 is 4.74 Å². The van der Waals surface area contributed by atoms with Gasteiger partial charge in [0.2, 0.25) is 0 Å². The molecule has 0 aliphatic heterocycles. The molecule has 1 rings (SSSR count). The molecule has 0 amide bonds. The first-order chi connectivity index (χ1) is 6.83. The van der Waals surface area contributed by atoms with E-state index in [1.54, 1.807) is 7.11 Å². The SMILES string of the molecule is CCC(CCBr)c1ccccc1OC. The van der Waals surface area contributed by atoms with E-state index in [9.17, 15) is 0 Å². The van der Waals surface area contributed by atoms with Crippen LogP contribution in [0, 0.1) is 0 Å². The minimum Gasteiger partial charge on any atom is -0.496 e. The van der Waals surface area contributed by atoms with Crippen molar-refractivity contribution in [2.45, 2.75) is 25.7 Å². The Kier molecular flexibility index (Phi) is 5.02. The Labute approximate surface area is 94.6 Å². The van der Waals surface area contributed by atoms with Crippen molar-refractivity contribution in [2.75, 3.05) is 12.4 Å². The van der Waals surface area contributed by atoms with Crippen LogP contribution in [-0.4, -0.2) is 12.4 Å². The molecule has 0 heterocycles. The summed E-state index contributed by atoms with van der Waals surface area (Å²) >= 11 is 3.49. The third kappa shape index (κ3) is 2.74. The molecule has 0 saturated carbocycles. The second-order valence-electron chi connectivity index (χ2n) is 3.32. The van der Waals surface area contributed by atoms with Crippen molar-refractivity contribution in [3.63, 3.8) is 0 Å². The van der Waals surface area contributed by atoms with Gasteiger partial charge in [-0.15, -0.1) is 0 Å². The van der Waals surface area contributed by atoms with Crippen LogP contribution in [0.1, 0.15) is 31.2 Å². The van der Waals surface area contributed by atoms with Crippen molar-refractivity contribution in [1.29, 1.82) is 0 Å². The minimum atomic E-state index is 0.602. The highest BCUT2D eigenvalue weighted by Crippen LogP contribution is 2.31. The number of rotatable bonds is 5. The zero-order chi connectivity index (χ0) is 10.4. The van der Waals surface area contributed by atoms with E-state index in [1.807, 2.05) is 12.1 Å². The fourth-order valence-electron chi connectivity index (χ4n) is 1.71. The van der Waals surface area contributed by atoms with Gasteiger partial charge in [-0.05, 0) is 30.4 Å². The average Bonchev–Trinajstić information content (AvgIpc) is 2.26. The van der Waals surface area contributed by atoms with Gasteiger partial charge in [0.1, 0.15) is 5.75 Å². The van der Waals surface area contributed by atoms with Crippen molar-refractivity contribution in [1.82, 2.24) is 0 Å². The predicted molar refractivity (Wildman–Crippen MR) is 64.4 cm³/mol. The normalized spacial score (nSPS) is 12.5. The fourth-order valence-corrected chi connectivity index (χ4v) is 2.27. The Balaban J connectivity index is 2.90. The van der Waals surface area contributed by atoms with Crippen LogP contribution in [0.25, 0.3) is 0 Å². The van der Waals surface area contributed by atoms with E-state index in [0.717, 1.165) is 23.9 Å². The molecule has 1 unspecified atom stereocenters. The van der Waals surface area contributed by atoms with Gasteiger partial charge in [-0.2, -0.15) is 0 Å². The monoisotopic (exact) mass is 256 g/mol. The second-order valence-corrected chi connectivity index (χ2v) is 4.12. The minimum absolute atomic E-state index is 0.602. The van der Waals surface area contributed by atoms with E-state index in [-0.39, 0.29) is 0 Å². The molecule has 78 valence electrons. The first kappa shape index (κ1) is 11.6. The molecule has 1 aromatic rings. The van der Waals surface area contributed by atoms with Crippen molar-refractivity contribution in [3.8, 4) is 5.75 Å². The summed E-state index contributed by atoms with van der Waals surface area (Å²) in [5.74, 6) is 1.62. The van der Waals surface area contributed by atoms with Crippen LogP contribution < -0.4 is 4.74 Å². The molecule has 0 spiro atoms. The second kappa shape index (κ2) is 6.07. The van der Waals surface area contributed by atoms with Crippen molar-refractivity contribution in [3.05, 3.63) is 29.8 Å². The summed E-state index contributed by atoms with van der Waals surface area (Å²) in [6.07, 6.45) is 2.32. The van der Waals surface area contributed by atoms with Gasteiger partial charge >= 0.3 is 0 Å². The molecular formula is C12H17BrO. The van der Waals surface area contributed by atoms with Crippen LogP contribution in [-0.2, 0) is 0 Å². The van der Waals surface area contributed by atoms with Crippen LogP contribution in [0.4, 0.5) is 0 Å². The molecular weight excluding hydrogens is 240 g/mol. The maximum absolute atomic E-state index is 5.36. The highest BCUT2D eigenvalue weighted by Gasteiger charge is 2.12. The molecule has 1 atom stereocenters. The van der Waals surface area contributed by atoms with Crippen LogP contribution in [0.5, 0.6) is 5.75 Å². The standard InChI is InChI=1S/C12H17BrO/c1-3-10(8-9-13)11-6-4-5-7-12(11)14-2/h4-7,10H,3,8-9H2,1-2H3. The molecule has 0 fully saturated rings. The molecule has 0 N–H and O–H groups in total. The van der Waals surface area contributed by atoms with Crippen LogP contribution >= 0.6 is 15.9 Å². The summed E-state index contributed by atoms with van der Waals surface area (Å²) < 4.78 is 5.36. The van der Waals surface area contributed by atoms with Crippen molar-refractivity contribution < 1.29 is 4.74 Å². The molecule has 0 bridgehead atoms. The van der Waals surface area contributed by atoms with E-state index in [4.69, 9.17) is 4.74 Å². The maximum Gasteiger partial charge on any atom is 0.122 e. The summed E-state index contributed by atoms with van der Waals surface area (Å²) in [5, 5.41) is 1.05. The number of para-hydroxylation sites is 1. The molecule has 0 aliphatic carbocycles. The van der Waals surface area contributed by atoms with Crippen LogP contribution in [0.3, 0.4) is 0 Å². The third-order valence-corrected chi connectivity index (χ3v) is 2.99. The topological polar surface area (TPSA) is 9.23 Å². The van der Waals surface area contributed by atoms with Gasteiger partial charge in [-0.1, -0.05) is 41.1 Å². The Morgan fingerprint density at radius 2 is 2.07 bits per heavy atom. The lowest BCUT2D eigenvalue weighted by molar-refractivity contribution is 0.404. The van der Waals surface area contributed by atoms with Crippen LogP contribution in [0.2, 0.25) is 0 Å². The molecule has 2 heteroatoms. The zero-order valence-electron chi connectivity index (χ0n) is 8.79. The summed E-state index contributed by atoms with van der Waals surface area (Å²) in [6.45, 7) is 2.22. The van der Waals surface area contributed by atoms with E-state index in [2.05, 4.69) is 35.0 Å². The number of alkyl halides is 1. The Bertz CT molecular complexity index is 273. The number of benzene rings is 1. The smallest absolute Gasteiger partial charge is 0.122 e. The van der Waals surface area contributed by atoms with Gasteiger partial charge in [0.15, 0.2) is 0 Å². The van der Waals surface area contributed by atoms with Gasteiger partial charge in [0.25, 0.3) is 0 Å². The van der Waals surface area contributed by atoms with Gasteiger partial charge in [0, 0.05) is 5.33 Å². The molecule has 1 aromatic carbocycles. The zero-order valence-corrected chi connectivity index (χ0v) is 10.4. The molecule has 0 saturated heterocycles. The van der Waals surface area contributed by atoms with Crippen molar-refractivity contribution >= 4 is 15.9 Å². The van der Waals surface area contributed by atoms with E-state index < -0.39 is 0 Å². The highest BCUT2D eigenvalue weighted by molar-refractivity contribution is 9.09. The molecule has 1 nitrogen and oxygen atoms in total. The molecule has 0 aromatic heterocycles. The lowest BCUT2D eigenvalue weighted by Crippen LogP contribution is -2.00. The number of halogens is 1. The number of hydrogen-bond acceptors (Lipinski definition) is 1. The summed E-state index contributed by atoms with van der Waals surface area (Å²) in [6, 6.07) is 8.29. The lowest BCUT2D eigenvalue weighted by atomic mass is 9.93. The maximum atomic E-state index is 5.36. The van der Waals surface area contributed by atoms with Gasteiger partial charge in [-0.3, -0.25) is 0 Å². The van der Waals surface area contributed by atoms with Gasteiger partial charge in [0.05, 0.1) is 7.11 Å². The van der Waals surface area contributed by atoms with Crippen LogP contribution in [0.15, 0.2) is 24.3 Å². The van der Waals surface area contributed by atoms with E-state index in [1.165, 1.54) is 5.56 Å². The fraction of sp³-hybridized carbons (Fsp3) is 0.500. The molecule has 14 heavy (non-hydrogen) atoms. The number of ether oxygens (including phenoxy) is 1. The third-order valence-electron chi connectivity index (χ3n) is 2.53. The predicted octanol–water partition coefficient (Wildman–Crippen LogP) is 3.97. The Hall–Kier alpha value is -0.500. The number of methoxy groups -OCH3 is 1. The summed E-state index contributed by atoms with van der Waals surface area (Å²) in [4.78, 5) is 0. The molecule has 0 aliphatic rings. The number of hydrogen-bond donors (Lipinski definition) is 0. The quantitative estimate of drug-likeness (QED) is 0.725. The summed E-state index contributed by atoms with van der Waals surface area (Å²) in [5.41, 5.74) is 1.33. The first-order valence-corrected chi connectivity index (χ1v) is 6.14. The van der Waals surface area contributed by atoms with Crippen molar-refractivity contribution in [2.24, 2.45) is 0 Å². The summed E-state index contributed by atoms with van der Waals surface area (Å²) in [7, 11) is 1.74. The molecule has 0 radical (unpaired) electrons. The average molecular weight is 257 g/mol. The lowest BCUT2D eigenvalue weighted by Gasteiger charge is -2.16.